The number of rotatable bonds is 7. The van der Waals surface area contributed by atoms with Gasteiger partial charge in [-0.3, -0.25) is 4.79 Å². The van der Waals surface area contributed by atoms with Crippen LogP contribution in [0.25, 0.3) is 0 Å². The van der Waals surface area contributed by atoms with E-state index in [-0.39, 0.29) is 5.56 Å². The lowest BCUT2D eigenvalue weighted by molar-refractivity contribution is -0.119. The van der Waals surface area contributed by atoms with Crippen molar-refractivity contribution in [2.75, 3.05) is 31.7 Å². The Morgan fingerprint density at radius 1 is 0.897 bits per heavy atom. The zero-order chi connectivity index (χ0) is 20.6. The van der Waals surface area contributed by atoms with E-state index in [4.69, 9.17) is 18.9 Å². The summed E-state index contributed by atoms with van der Waals surface area (Å²) < 4.78 is 20.9. The van der Waals surface area contributed by atoms with E-state index >= 15 is 0 Å². The van der Waals surface area contributed by atoms with Crippen molar-refractivity contribution in [2.45, 2.75) is 13.3 Å². The van der Waals surface area contributed by atoms with Crippen LogP contribution in [-0.2, 0) is 14.3 Å². The van der Waals surface area contributed by atoms with Crippen LogP contribution in [0, 0.1) is 0 Å². The van der Waals surface area contributed by atoms with Gasteiger partial charge in [0.05, 0.1) is 17.7 Å². The molecule has 1 aliphatic rings. The number of fused-ring (bicyclic) bond motifs is 1. The number of nitrogens with one attached hydrogen (secondary N) is 1. The fourth-order valence-electron chi connectivity index (χ4n) is 2.55. The molecule has 0 bridgehead atoms. The number of benzene rings is 2. The third-order valence-corrected chi connectivity index (χ3v) is 3.95. The molecular weight excluding hydrogens is 378 g/mol. The van der Waals surface area contributed by atoms with E-state index in [0.717, 1.165) is 6.42 Å². The molecule has 152 valence electrons. The first-order valence-electron chi connectivity index (χ1n) is 9.20. The first kappa shape index (κ1) is 20.2. The van der Waals surface area contributed by atoms with Gasteiger partial charge in [-0.05, 0) is 48.9 Å². The summed E-state index contributed by atoms with van der Waals surface area (Å²) in [6, 6.07) is 10.9. The molecule has 0 saturated carbocycles. The van der Waals surface area contributed by atoms with Crippen molar-refractivity contribution in [2.24, 2.45) is 0 Å². The zero-order valence-corrected chi connectivity index (χ0v) is 15.9. The quantitative estimate of drug-likeness (QED) is 0.715. The van der Waals surface area contributed by atoms with Crippen LogP contribution in [0.1, 0.15) is 34.1 Å². The summed E-state index contributed by atoms with van der Waals surface area (Å²) in [7, 11) is 0. The standard InChI is InChI=1S/C21H21NO7/c1-2-9-28-20(24)14-3-6-16(7-4-14)22-19(23)13-29-21(25)15-5-8-17-18(12-15)27-11-10-26-17/h3-8,12H,2,9-11,13H2,1H3,(H,22,23). The van der Waals surface area contributed by atoms with Gasteiger partial charge < -0.3 is 24.3 Å². The van der Waals surface area contributed by atoms with Gasteiger partial charge in [0.2, 0.25) is 0 Å². The first-order valence-corrected chi connectivity index (χ1v) is 9.20. The number of carbonyl (C=O) groups excluding carboxylic acids is 3. The van der Waals surface area contributed by atoms with Crippen molar-refractivity contribution < 1.29 is 33.3 Å². The number of hydrogen-bond donors (Lipinski definition) is 1. The van der Waals surface area contributed by atoms with Crippen molar-refractivity contribution in [3.05, 3.63) is 53.6 Å². The van der Waals surface area contributed by atoms with Crippen molar-refractivity contribution >= 4 is 23.5 Å². The molecule has 1 heterocycles. The Labute approximate surface area is 167 Å². The maximum Gasteiger partial charge on any atom is 0.338 e. The third kappa shape index (κ3) is 5.47. The van der Waals surface area contributed by atoms with Crippen LogP contribution in [0.5, 0.6) is 11.5 Å². The number of anilines is 1. The SMILES string of the molecule is CCCOC(=O)c1ccc(NC(=O)COC(=O)c2ccc3c(c2)OCCO3)cc1. The topological polar surface area (TPSA) is 100 Å². The molecule has 1 aliphatic heterocycles. The fraction of sp³-hybridized carbons (Fsp3) is 0.286. The number of esters is 2. The molecule has 8 heteroatoms. The maximum atomic E-state index is 12.1. The molecule has 1 N–H and O–H groups in total. The van der Waals surface area contributed by atoms with E-state index in [2.05, 4.69) is 5.32 Å². The second kappa shape index (κ2) is 9.59. The summed E-state index contributed by atoms with van der Waals surface area (Å²) in [5.74, 6) is -0.540. The lowest BCUT2D eigenvalue weighted by atomic mass is 10.2. The van der Waals surface area contributed by atoms with E-state index in [1.54, 1.807) is 36.4 Å². The summed E-state index contributed by atoms with van der Waals surface area (Å²) in [6.07, 6.45) is 0.741. The van der Waals surface area contributed by atoms with Crippen LogP contribution >= 0.6 is 0 Å². The van der Waals surface area contributed by atoms with E-state index in [0.29, 0.717) is 42.6 Å². The van der Waals surface area contributed by atoms with E-state index < -0.39 is 24.5 Å². The molecule has 29 heavy (non-hydrogen) atoms. The van der Waals surface area contributed by atoms with Crippen LogP contribution in [0.3, 0.4) is 0 Å². The van der Waals surface area contributed by atoms with Crippen LogP contribution in [0.2, 0.25) is 0 Å². The molecule has 0 fully saturated rings. The molecule has 0 radical (unpaired) electrons. The van der Waals surface area contributed by atoms with Crippen molar-refractivity contribution in [3.8, 4) is 11.5 Å². The van der Waals surface area contributed by atoms with E-state index in [1.807, 2.05) is 6.92 Å². The predicted octanol–water partition coefficient (Wildman–Crippen LogP) is 2.82. The Kier molecular flexibility index (Phi) is 6.67. The van der Waals surface area contributed by atoms with Crippen LogP contribution < -0.4 is 14.8 Å². The Bertz CT molecular complexity index is 892. The van der Waals surface area contributed by atoms with Crippen LogP contribution in [0.15, 0.2) is 42.5 Å². The number of ether oxygens (including phenoxy) is 4. The lowest BCUT2D eigenvalue weighted by Gasteiger charge is -2.18. The summed E-state index contributed by atoms with van der Waals surface area (Å²) in [6.45, 7) is 2.67. The predicted molar refractivity (Wildman–Crippen MR) is 103 cm³/mol. The Hall–Kier alpha value is -3.55. The molecule has 8 nitrogen and oxygen atoms in total. The van der Waals surface area contributed by atoms with Crippen molar-refractivity contribution in [1.82, 2.24) is 0 Å². The normalized spacial score (nSPS) is 12.0. The molecule has 0 unspecified atom stereocenters. The van der Waals surface area contributed by atoms with E-state index in [9.17, 15) is 14.4 Å². The summed E-state index contributed by atoms with van der Waals surface area (Å²) in [4.78, 5) is 35.9. The van der Waals surface area contributed by atoms with Crippen LogP contribution in [-0.4, -0.2) is 44.3 Å². The average molecular weight is 399 g/mol. The second-order valence-electron chi connectivity index (χ2n) is 6.20. The van der Waals surface area contributed by atoms with Crippen LogP contribution in [0.4, 0.5) is 5.69 Å². The minimum absolute atomic E-state index is 0.261. The van der Waals surface area contributed by atoms with Gasteiger partial charge in [0, 0.05) is 5.69 Å². The van der Waals surface area contributed by atoms with Crippen molar-refractivity contribution in [1.29, 1.82) is 0 Å². The Morgan fingerprint density at radius 2 is 1.55 bits per heavy atom. The summed E-state index contributed by atoms with van der Waals surface area (Å²) >= 11 is 0. The van der Waals surface area contributed by atoms with Gasteiger partial charge in [-0.25, -0.2) is 9.59 Å². The van der Waals surface area contributed by atoms with Gasteiger partial charge in [-0.2, -0.15) is 0 Å². The Morgan fingerprint density at radius 3 is 2.28 bits per heavy atom. The zero-order valence-electron chi connectivity index (χ0n) is 15.9. The summed E-state index contributed by atoms with van der Waals surface area (Å²) in [5.41, 5.74) is 1.12. The number of amides is 1. The third-order valence-electron chi connectivity index (χ3n) is 3.95. The molecule has 0 aromatic heterocycles. The second-order valence-corrected chi connectivity index (χ2v) is 6.20. The molecule has 1 amide bonds. The molecule has 0 spiro atoms. The molecule has 0 aliphatic carbocycles. The molecule has 0 saturated heterocycles. The largest absolute Gasteiger partial charge is 0.486 e. The first-order chi connectivity index (χ1) is 14.1. The highest BCUT2D eigenvalue weighted by Crippen LogP contribution is 2.30. The molecule has 3 rings (SSSR count). The monoisotopic (exact) mass is 399 g/mol. The van der Waals surface area contributed by atoms with Gasteiger partial charge in [0.1, 0.15) is 13.2 Å². The van der Waals surface area contributed by atoms with Crippen molar-refractivity contribution in [3.63, 3.8) is 0 Å². The minimum atomic E-state index is -0.647. The lowest BCUT2D eigenvalue weighted by Crippen LogP contribution is -2.21. The maximum absolute atomic E-state index is 12.1. The minimum Gasteiger partial charge on any atom is -0.486 e. The van der Waals surface area contributed by atoms with Gasteiger partial charge in [0.15, 0.2) is 18.1 Å². The van der Waals surface area contributed by atoms with Gasteiger partial charge in [-0.15, -0.1) is 0 Å². The molecule has 2 aromatic carbocycles. The Balaban J connectivity index is 1.49. The van der Waals surface area contributed by atoms with E-state index in [1.165, 1.54) is 6.07 Å². The molecular formula is C21H21NO7. The molecule has 2 aromatic rings. The van der Waals surface area contributed by atoms with Gasteiger partial charge in [-0.1, -0.05) is 6.92 Å². The highest BCUT2D eigenvalue weighted by atomic mass is 16.6. The highest BCUT2D eigenvalue weighted by molar-refractivity contribution is 5.96. The number of hydrogen-bond acceptors (Lipinski definition) is 7. The number of carbonyl (C=O) groups is 3. The van der Waals surface area contributed by atoms with Gasteiger partial charge in [0.25, 0.3) is 5.91 Å². The average Bonchev–Trinajstić information content (AvgIpc) is 2.76. The fourth-order valence-corrected chi connectivity index (χ4v) is 2.55. The van der Waals surface area contributed by atoms with Gasteiger partial charge >= 0.3 is 11.9 Å². The molecule has 0 atom stereocenters. The highest BCUT2D eigenvalue weighted by Gasteiger charge is 2.17. The smallest absolute Gasteiger partial charge is 0.338 e. The summed E-state index contributed by atoms with van der Waals surface area (Å²) in [5, 5.41) is 2.60.